The number of rotatable bonds is 4. The first-order chi connectivity index (χ1) is 7.83. The predicted octanol–water partition coefficient (Wildman–Crippen LogP) is 4.16. The number of ether oxygens (including phenoxy) is 1. The number of hydrogen-bond acceptors (Lipinski definition) is 2. The minimum atomic E-state index is -4.80. The summed E-state index contributed by atoms with van der Waals surface area (Å²) < 4.78 is 40.9. The summed E-state index contributed by atoms with van der Waals surface area (Å²) in [6, 6.07) is 3.98. The Morgan fingerprint density at radius 3 is 2.59 bits per heavy atom. The molecule has 1 rings (SSSR count). The van der Waals surface area contributed by atoms with Gasteiger partial charge in [-0.15, -0.1) is 13.2 Å². The second-order valence-electron chi connectivity index (χ2n) is 3.05. The minimum Gasteiger partial charge on any atom is -0.405 e. The molecule has 0 aliphatic rings. The van der Waals surface area contributed by atoms with Gasteiger partial charge in [-0.2, -0.15) is 0 Å². The number of halogens is 5. The lowest BCUT2D eigenvalue weighted by Gasteiger charge is -2.12. The maximum Gasteiger partial charge on any atom is 0.573 e. The Labute approximate surface area is 118 Å². The van der Waals surface area contributed by atoms with Crippen LogP contribution in [0.2, 0.25) is 0 Å². The number of carbonyl (C=O) groups is 1. The van der Waals surface area contributed by atoms with Crippen molar-refractivity contribution >= 4 is 44.3 Å². The molecule has 0 spiro atoms. The van der Waals surface area contributed by atoms with Gasteiger partial charge in [0.05, 0.1) is 5.56 Å². The summed E-state index contributed by atoms with van der Waals surface area (Å²) in [5.74, 6) is -0.844. The zero-order chi connectivity index (χ0) is 13.1. The summed E-state index contributed by atoms with van der Waals surface area (Å²) in [6.07, 6.45) is -4.68. The van der Waals surface area contributed by atoms with E-state index in [4.69, 9.17) is 0 Å². The molecule has 17 heavy (non-hydrogen) atoms. The van der Waals surface area contributed by atoms with Crippen molar-refractivity contribution in [3.8, 4) is 5.75 Å². The van der Waals surface area contributed by atoms with Gasteiger partial charge in [0.1, 0.15) is 5.75 Å². The van der Waals surface area contributed by atoms with Crippen LogP contribution in [0, 0.1) is 3.57 Å². The molecule has 0 unspecified atom stereocenters. The summed E-state index contributed by atoms with van der Waals surface area (Å²) in [5.41, 5.74) is -0.0475. The molecule has 0 saturated heterocycles. The highest BCUT2D eigenvalue weighted by atomic mass is 127. The Morgan fingerprint density at radius 2 is 2.06 bits per heavy atom. The van der Waals surface area contributed by atoms with Crippen LogP contribution in [0.3, 0.4) is 0 Å². The lowest BCUT2D eigenvalue weighted by molar-refractivity contribution is -0.274. The Morgan fingerprint density at radius 1 is 1.41 bits per heavy atom. The van der Waals surface area contributed by atoms with Crippen molar-refractivity contribution in [3.05, 3.63) is 27.3 Å². The Bertz CT molecular complexity index is 421. The Balaban J connectivity index is 3.08. The van der Waals surface area contributed by atoms with E-state index >= 15 is 0 Å². The van der Waals surface area contributed by atoms with E-state index in [9.17, 15) is 18.0 Å². The van der Waals surface area contributed by atoms with Crippen LogP contribution in [0.25, 0.3) is 0 Å². The van der Waals surface area contributed by atoms with Crippen LogP contribution in [0.15, 0.2) is 18.2 Å². The van der Waals surface area contributed by atoms with Gasteiger partial charge < -0.3 is 4.74 Å². The van der Waals surface area contributed by atoms with Gasteiger partial charge in [0.2, 0.25) is 0 Å². The molecule has 0 radical (unpaired) electrons. The van der Waals surface area contributed by atoms with Crippen molar-refractivity contribution in [2.45, 2.75) is 12.8 Å². The molecule has 2 nitrogen and oxygen atoms in total. The largest absolute Gasteiger partial charge is 0.573 e. The predicted molar refractivity (Wildman–Crippen MR) is 68.6 cm³/mol. The number of benzene rings is 1. The van der Waals surface area contributed by atoms with Gasteiger partial charge in [-0.3, -0.25) is 4.79 Å². The third-order valence-electron chi connectivity index (χ3n) is 1.79. The summed E-state index contributed by atoms with van der Waals surface area (Å²) in [7, 11) is 0. The van der Waals surface area contributed by atoms with E-state index in [1.807, 2.05) is 22.6 Å². The number of ketones is 1. The molecule has 7 heteroatoms. The highest BCUT2D eigenvalue weighted by molar-refractivity contribution is 14.1. The van der Waals surface area contributed by atoms with Gasteiger partial charge in [0.25, 0.3) is 0 Å². The molecule has 0 heterocycles. The van der Waals surface area contributed by atoms with Crippen molar-refractivity contribution in [1.82, 2.24) is 0 Å². The van der Waals surface area contributed by atoms with Crippen molar-refractivity contribution in [1.29, 1.82) is 0 Å². The second kappa shape index (κ2) is 6.03. The van der Waals surface area contributed by atoms with E-state index in [1.165, 1.54) is 12.1 Å². The molecule has 0 N–H and O–H groups in total. The number of Topliss-reactive ketones (excluding diaryl/α,β-unsaturated/α-hetero) is 1. The van der Waals surface area contributed by atoms with E-state index in [-0.39, 0.29) is 17.8 Å². The van der Waals surface area contributed by atoms with Crippen molar-refractivity contribution in [2.24, 2.45) is 0 Å². The van der Waals surface area contributed by atoms with Crippen LogP contribution < -0.4 is 4.74 Å². The first kappa shape index (κ1) is 14.7. The fraction of sp³-hybridized carbons (Fsp3) is 0.300. The molecule has 0 aliphatic heterocycles. The Kier molecular flexibility index (Phi) is 5.23. The number of alkyl halides is 4. The summed E-state index contributed by atoms with van der Waals surface area (Å²) >= 11 is 4.99. The molecule has 0 saturated carbocycles. The molecule has 0 amide bonds. The Hall–Kier alpha value is -0.310. The van der Waals surface area contributed by atoms with Gasteiger partial charge in [-0.25, -0.2) is 0 Å². The van der Waals surface area contributed by atoms with Crippen molar-refractivity contribution < 1.29 is 22.7 Å². The lowest BCUT2D eigenvalue weighted by Crippen LogP contribution is -2.19. The van der Waals surface area contributed by atoms with Gasteiger partial charge in [-0.05, 0) is 40.8 Å². The molecule has 0 aromatic heterocycles. The standard InChI is InChI=1S/C10H7BrF3IO2/c11-4-3-8(16)7-5-6(15)1-2-9(7)17-10(12,13)14/h1-2,5H,3-4H2. The topological polar surface area (TPSA) is 26.3 Å². The number of hydrogen-bond donors (Lipinski definition) is 0. The molecular weight excluding hydrogens is 416 g/mol. The average molecular weight is 423 g/mol. The smallest absolute Gasteiger partial charge is 0.405 e. The highest BCUT2D eigenvalue weighted by Crippen LogP contribution is 2.28. The van der Waals surface area contributed by atoms with E-state index in [0.717, 1.165) is 6.07 Å². The van der Waals surface area contributed by atoms with Gasteiger partial charge in [0, 0.05) is 15.3 Å². The van der Waals surface area contributed by atoms with Gasteiger partial charge >= 0.3 is 6.36 Å². The molecule has 1 aromatic rings. The van der Waals surface area contributed by atoms with Crippen LogP contribution in [-0.2, 0) is 0 Å². The van der Waals surface area contributed by atoms with Gasteiger partial charge in [0.15, 0.2) is 5.78 Å². The number of carbonyl (C=O) groups excluding carboxylic acids is 1. The van der Waals surface area contributed by atoms with Crippen LogP contribution in [-0.4, -0.2) is 17.5 Å². The van der Waals surface area contributed by atoms with E-state index in [2.05, 4.69) is 20.7 Å². The minimum absolute atomic E-state index is 0.0475. The van der Waals surface area contributed by atoms with Crippen molar-refractivity contribution in [2.75, 3.05) is 5.33 Å². The lowest BCUT2D eigenvalue weighted by atomic mass is 10.1. The molecule has 1 aromatic carbocycles. The maximum atomic E-state index is 12.1. The first-order valence-corrected chi connectivity index (χ1v) is 6.68. The zero-order valence-electron chi connectivity index (χ0n) is 8.35. The normalized spacial score (nSPS) is 11.4. The quantitative estimate of drug-likeness (QED) is 0.414. The third kappa shape index (κ3) is 4.82. The molecule has 0 fully saturated rings. The third-order valence-corrected chi connectivity index (χ3v) is 2.86. The highest BCUT2D eigenvalue weighted by Gasteiger charge is 2.32. The molecule has 0 atom stereocenters. The monoisotopic (exact) mass is 422 g/mol. The second-order valence-corrected chi connectivity index (χ2v) is 5.09. The summed E-state index contributed by atoms with van der Waals surface area (Å²) in [6.45, 7) is 0. The van der Waals surface area contributed by atoms with Crippen LogP contribution in [0.5, 0.6) is 5.75 Å². The van der Waals surface area contributed by atoms with E-state index < -0.39 is 12.1 Å². The zero-order valence-corrected chi connectivity index (χ0v) is 12.1. The van der Waals surface area contributed by atoms with Crippen LogP contribution in [0.4, 0.5) is 13.2 Å². The summed E-state index contributed by atoms with van der Waals surface area (Å²) in [5, 5.41) is 0.392. The van der Waals surface area contributed by atoms with E-state index in [1.54, 1.807) is 0 Å². The average Bonchev–Trinajstić information content (AvgIpc) is 2.19. The molecule has 94 valence electrons. The van der Waals surface area contributed by atoms with Crippen LogP contribution in [0.1, 0.15) is 16.8 Å². The fourth-order valence-corrected chi connectivity index (χ4v) is 2.01. The van der Waals surface area contributed by atoms with E-state index in [0.29, 0.717) is 8.90 Å². The van der Waals surface area contributed by atoms with Gasteiger partial charge in [-0.1, -0.05) is 15.9 Å². The van der Waals surface area contributed by atoms with Crippen molar-refractivity contribution in [3.63, 3.8) is 0 Å². The maximum absolute atomic E-state index is 12.1. The molecular formula is C10H7BrF3IO2. The molecule has 0 bridgehead atoms. The van der Waals surface area contributed by atoms with Crippen LogP contribution >= 0.6 is 38.5 Å². The SMILES string of the molecule is O=C(CCBr)c1cc(I)ccc1OC(F)(F)F. The summed E-state index contributed by atoms with van der Waals surface area (Å²) in [4.78, 5) is 11.6. The fourth-order valence-electron chi connectivity index (χ4n) is 1.15. The first-order valence-electron chi connectivity index (χ1n) is 4.48. The molecule has 0 aliphatic carbocycles.